The number of rotatable bonds is 5. The van der Waals surface area contributed by atoms with Crippen LogP contribution in [0.4, 0.5) is 11.4 Å². The molecule has 0 spiro atoms. The van der Waals surface area contributed by atoms with Gasteiger partial charge in [-0.05, 0) is 56.5 Å². The second-order valence-electron chi connectivity index (χ2n) is 8.57. The largest absolute Gasteiger partial charge is 0.397 e. The molecule has 1 aliphatic carbocycles. The Labute approximate surface area is 183 Å². The lowest BCUT2D eigenvalue weighted by atomic mass is 9.92. The van der Waals surface area contributed by atoms with Gasteiger partial charge in [0, 0.05) is 24.8 Å². The highest BCUT2D eigenvalue weighted by molar-refractivity contribution is 6.05. The maximum Gasteiger partial charge on any atom is 0.274 e. The van der Waals surface area contributed by atoms with Gasteiger partial charge in [0.05, 0.1) is 16.9 Å². The number of nitrogens with one attached hydrogen (secondary N) is 2. The number of likely N-dealkylation sites (tertiary alicyclic amines) is 1. The van der Waals surface area contributed by atoms with Gasteiger partial charge in [0.1, 0.15) is 5.69 Å². The van der Waals surface area contributed by atoms with Gasteiger partial charge in [-0.3, -0.25) is 19.5 Å². The zero-order chi connectivity index (χ0) is 21.6. The van der Waals surface area contributed by atoms with Gasteiger partial charge in [-0.2, -0.15) is 0 Å². The number of para-hydroxylation sites is 2. The first-order valence-corrected chi connectivity index (χ1v) is 11.3. The van der Waals surface area contributed by atoms with Crippen molar-refractivity contribution < 1.29 is 9.59 Å². The highest BCUT2D eigenvalue weighted by Gasteiger charge is 2.28. The lowest BCUT2D eigenvalue weighted by Gasteiger charge is -2.40. The second kappa shape index (κ2) is 9.92. The molecular weight excluding hydrogens is 390 g/mol. The number of anilines is 2. The van der Waals surface area contributed by atoms with Gasteiger partial charge in [-0.25, -0.2) is 0 Å². The Morgan fingerprint density at radius 2 is 1.77 bits per heavy atom. The number of aromatic nitrogens is 1. The first kappa shape index (κ1) is 21.3. The summed E-state index contributed by atoms with van der Waals surface area (Å²) >= 11 is 0. The van der Waals surface area contributed by atoms with Crippen molar-refractivity contribution >= 4 is 23.2 Å². The molecule has 7 nitrogen and oxygen atoms in total. The van der Waals surface area contributed by atoms with Crippen molar-refractivity contribution in [2.75, 3.05) is 24.1 Å². The summed E-state index contributed by atoms with van der Waals surface area (Å²) in [5.41, 5.74) is 7.59. The molecule has 1 aromatic carbocycles. The minimum Gasteiger partial charge on any atom is -0.397 e. The van der Waals surface area contributed by atoms with Crippen molar-refractivity contribution in [2.45, 2.75) is 57.0 Å². The third-order valence-corrected chi connectivity index (χ3v) is 6.35. The Balaban J connectivity index is 1.32. The number of pyridine rings is 1. The van der Waals surface area contributed by atoms with Crippen LogP contribution < -0.4 is 16.4 Å². The Morgan fingerprint density at radius 1 is 0.968 bits per heavy atom. The molecule has 1 saturated heterocycles. The molecule has 164 valence electrons. The van der Waals surface area contributed by atoms with Crippen molar-refractivity contribution in [2.24, 2.45) is 0 Å². The van der Waals surface area contributed by atoms with Gasteiger partial charge >= 0.3 is 0 Å². The Hall–Kier alpha value is -2.93. The molecule has 1 saturated carbocycles. The van der Waals surface area contributed by atoms with E-state index in [2.05, 4.69) is 20.5 Å². The fraction of sp³-hybridized carbons (Fsp3) is 0.458. The average molecular weight is 422 g/mol. The summed E-state index contributed by atoms with van der Waals surface area (Å²) in [6, 6.07) is 11.1. The van der Waals surface area contributed by atoms with Crippen molar-refractivity contribution in [1.82, 2.24) is 15.2 Å². The predicted octanol–water partition coefficient (Wildman–Crippen LogP) is 3.44. The fourth-order valence-electron chi connectivity index (χ4n) is 4.63. The molecule has 2 heterocycles. The lowest BCUT2D eigenvalue weighted by molar-refractivity contribution is 0.0834. The topological polar surface area (TPSA) is 100 Å². The van der Waals surface area contributed by atoms with Crippen LogP contribution in [0.5, 0.6) is 0 Å². The van der Waals surface area contributed by atoms with Gasteiger partial charge in [-0.1, -0.05) is 31.4 Å². The third-order valence-electron chi connectivity index (χ3n) is 6.35. The Bertz CT molecular complexity index is 908. The Kier molecular flexibility index (Phi) is 6.82. The van der Waals surface area contributed by atoms with Crippen LogP contribution >= 0.6 is 0 Å². The van der Waals surface area contributed by atoms with Crippen molar-refractivity contribution in [3.63, 3.8) is 0 Å². The van der Waals surface area contributed by atoms with Gasteiger partial charge < -0.3 is 16.4 Å². The van der Waals surface area contributed by atoms with E-state index in [1.54, 1.807) is 36.4 Å². The van der Waals surface area contributed by atoms with Crippen LogP contribution in [0.3, 0.4) is 0 Å². The molecule has 4 rings (SSSR count). The summed E-state index contributed by atoms with van der Waals surface area (Å²) in [6.07, 6.45) is 10.1. The molecule has 1 atom stereocenters. The summed E-state index contributed by atoms with van der Waals surface area (Å²) in [4.78, 5) is 31.9. The number of piperidine rings is 1. The van der Waals surface area contributed by atoms with Crippen molar-refractivity contribution in [1.29, 1.82) is 0 Å². The van der Waals surface area contributed by atoms with Crippen molar-refractivity contribution in [3.05, 3.63) is 53.9 Å². The molecule has 0 radical (unpaired) electrons. The first-order chi connectivity index (χ1) is 15.1. The molecular formula is C24H31N5O2. The lowest BCUT2D eigenvalue weighted by Crippen LogP contribution is -2.51. The number of carbonyl (C=O) groups is 2. The van der Waals surface area contributed by atoms with E-state index in [4.69, 9.17) is 5.73 Å². The minimum absolute atomic E-state index is 0.137. The highest BCUT2D eigenvalue weighted by Crippen LogP contribution is 2.25. The molecule has 4 N–H and O–H groups in total. The smallest absolute Gasteiger partial charge is 0.274 e. The molecule has 2 amide bonds. The number of nitrogen functional groups attached to an aromatic ring is 1. The molecule has 1 aromatic heterocycles. The van der Waals surface area contributed by atoms with E-state index in [-0.39, 0.29) is 23.6 Å². The number of amides is 2. The van der Waals surface area contributed by atoms with Crippen LogP contribution in [0, 0.1) is 0 Å². The van der Waals surface area contributed by atoms with E-state index in [9.17, 15) is 9.59 Å². The molecule has 2 aromatic rings. The van der Waals surface area contributed by atoms with Crippen LogP contribution in [0.1, 0.15) is 65.8 Å². The fourth-order valence-corrected chi connectivity index (χ4v) is 4.63. The number of hydrogen-bond acceptors (Lipinski definition) is 5. The predicted molar refractivity (Wildman–Crippen MR) is 122 cm³/mol. The molecule has 0 bridgehead atoms. The summed E-state index contributed by atoms with van der Waals surface area (Å²) in [6.45, 7) is 2.05. The molecule has 2 aliphatic rings. The van der Waals surface area contributed by atoms with Gasteiger partial charge in [0.15, 0.2) is 0 Å². The maximum atomic E-state index is 12.7. The standard InChI is InChI=1S/C24H31N5O2/c25-20-10-4-5-11-21(20)28-24(31)22-13-12-17(15-26-22)23(30)27-18-7-6-14-29(16-18)19-8-2-1-3-9-19/h4-5,10-13,15,18-19H,1-3,6-9,14,16,25H2,(H,27,30)(H,28,31). The van der Waals surface area contributed by atoms with E-state index in [0.717, 1.165) is 25.9 Å². The molecule has 7 heteroatoms. The number of benzene rings is 1. The van der Waals surface area contributed by atoms with Crippen LogP contribution in [0.15, 0.2) is 42.6 Å². The second-order valence-corrected chi connectivity index (χ2v) is 8.57. The maximum absolute atomic E-state index is 12.7. The minimum atomic E-state index is -0.361. The summed E-state index contributed by atoms with van der Waals surface area (Å²) in [5, 5.41) is 5.91. The number of nitrogens with two attached hydrogens (primary N) is 1. The zero-order valence-corrected chi connectivity index (χ0v) is 17.8. The van der Waals surface area contributed by atoms with E-state index < -0.39 is 0 Å². The monoisotopic (exact) mass is 421 g/mol. The summed E-state index contributed by atoms with van der Waals surface area (Å²) in [5.74, 6) is -0.498. The van der Waals surface area contributed by atoms with E-state index in [1.165, 1.54) is 38.3 Å². The number of carbonyl (C=O) groups excluding carboxylic acids is 2. The molecule has 1 aliphatic heterocycles. The Morgan fingerprint density at radius 3 is 2.52 bits per heavy atom. The van der Waals surface area contributed by atoms with Gasteiger partial charge in [0.2, 0.25) is 0 Å². The number of hydrogen-bond donors (Lipinski definition) is 3. The molecule has 2 fully saturated rings. The third kappa shape index (κ3) is 5.41. The van der Waals surface area contributed by atoms with E-state index >= 15 is 0 Å². The van der Waals surface area contributed by atoms with E-state index in [0.29, 0.717) is 23.0 Å². The quantitative estimate of drug-likeness (QED) is 0.642. The van der Waals surface area contributed by atoms with Crippen molar-refractivity contribution in [3.8, 4) is 0 Å². The van der Waals surface area contributed by atoms with E-state index in [1.807, 2.05) is 0 Å². The zero-order valence-electron chi connectivity index (χ0n) is 17.8. The van der Waals surface area contributed by atoms with Crippen LogP contribution in [0.25, 0.3) is 0 Å². The van der Waals surface area contributed by atoms with Gasteiger partial charge in [-0.15, -0.1) is 0 Å². The van der Waals surface area contributed by atoms with Crippen LogP contribution in [-0.4, -0.2) is 46.9 Å². The SMILES string of the molecule is Nc1ccccc1NC(=O)c1ccc(C(=O)NC2CCCN(C3CCCCC3)C2)cn1. The first-order valence-electron chi connectivity index (χ1n) is 11.3. The normalized spacial score (nSPS) is 20.2. The molecule has 1 unspecified atom stereocenters. The van der Waals surface area contributed by atoms with Gasteiger partial charge in [0.25, 0.3) is 11.8 Å². The van der Waals surface area contributed by atoms with Crippen LogP contribution in [-0.2, 0) is 0 Å². The molecule has 31 heavy (non-hydrogen) atoms. The summed E-state index contributed by atoms with van der Waals surface area (Å²) in [7, 11) is 0. The van der Waals surface area contributed by atoms with Crippen LogP contribution in [0.2, 0.25) is 0 Å². The summed E-state index contributed by atoms with van der Waals surface area (Å²) < 4.78 is 0. The number of nitrogens with zero attached hydrogens (tertiary/aromatic N) is 2. The average Bonchev–Trinajstić information content (AvgIpc) is 2.81. The highest BCUT2D eigenvalue weighted by atomic mass is 16.2.